The van der Waals surface area contributed by atoms with E-state index in [1.807, 2.05) is 72.8 Å². The summed E-state index contributed by atoms with van der Waals surface area (Å²) in [5, 5.41) is 19.1. The smallest absolute Gasteiger partial charge is 0.323 e. The van der Waals surface area contributed by atoms with Gasteiger partial charge < -0.3 is 30.7 Å². The molecule has 0 fully saturated rings. The van der Waals surface area contributed by atoms with Crippen LogP contribution in [0.3, 0.4) is 0 Å². The van der Waals surface area contributed by atoms with Crippen molar-refractivity contribution in [2.45, 2.75) is 19.8 Å². The van der Waals surface area contributed by atoms with Crippen LogP contribution in [0.5, 0.6) is 5.75 Å². The molecular weight excluding hydrogens is 492 g/mol. The number of carbonyl (C=O) groups excluding carboxylic acids is 1. The highest BCUT2D eigenvalue weighted by Gasteiger charge is 2.07. The molecule has 0 aliphatic heterocycles. The quantitative estimate of drug-likeness (QED) is 0.170. The highest BCUT2D eigenvalue weighted by molar-refractivity contribution is 5.99. The Kier molecular flexibility index (Phi) is 10.5. The number of carbonyl (C=O) groups is 1. The number of aliphatic hydroxyl groups is 1. The van der Waals surface area contributed by atoms with E-state index in [-0.39, 0.29) is 12.6 Å². The minimum Gasteiger partial charge on any atom is -0.493 e. The Hall–Kier alpha value is -4.21. The summed E-state index contributed by atoms with van der Waals surface area (Å²) in [6.45, 7) is 6.07. The molecular formula is C30H36N6O3. The highest BCUT2D eigenvalue weighted by atomic mass is 16.5. The molecule has 0 saturated heterocycles. The first-order valence-corrected chi connectivity index (χ1v) is 13.3. The van der Waals surface area contributed by atoms with Gasteiger partial charge in [-0.2, -0.15) is 0 Å². The van der Waals surface area contributed by atoms with Crippen LogP contribution in [-0.4, -0.2) is 65.4 Å². The highest BCUT2D eigenvalue weighted by Crippen LogP contribution is 2.24. The molecule has 0 spiro atoms. The minimum atomic E-state index is -0.277. The molecule has 2 amide bonds. The number of likely N-dealkylation sites (N-methyl/N-ethyl adjacent to an activating group) is 1. The van der Waals surface area contributed by atoms with Gasteiger partial charge in [0.2, 0.25) is 0 Å². The van der Waals surface area contributed by atoms with E-state index < -0.39 is 0 Å². The van der Waals surface area contributed by atoms with Gasteiger partial charge in [-0.3, -0.25) is 0 Å². The Morgan fingerprint density at radius 1 is 0.949 bits per heavy atom. The molecule has 0 saturated carbocycles. The first-order chi connectivity index (χ1) is 19.1. The summed E-state index contributed by atoms with van der Waals surface area (Å²) < 4.78 is 5.93. The van der Waals surface area contributed by atoms with E-state index >= 15 is 0 Å². The molecule has 9 nitrogen and oxygen atoms in total. The lowest BCUT2D eigenvalue weighted by Crippen LogP contribution is -2.28. The molecule has 9 heteroatoms. The van der Waals surface area contributed by atoms with Gasteiger partial charge in [0.25, 0.3) is 0 Å². The number of urea groups is 1. The fourth-order valence-electron chi connectivity index (χ4n) is 4.21. The maximum atomic E-state index is 12.2. The van der Waals surface area contributed by atoms with Crippen molar-refractivity contribution in [3.63, 3.8) is 0 Å². The van der Waals surface area contributed by atoms with Crippen LogP contribution in [0.25, 0.3) is 10.9 Å². The number of aliphatic hydroxyl groups excluding tert-OH is 1. The summed E-state index contributed by atoms with van der Waals surface area (Å²) in [6, 6.07) is 22.7. The summed E-state index contributed by atoms with van der Waals surface area (Å²) in [5.41, 5.74) is 3.44. The summed E-state index contributed by atoms with van der Waals surface area (Å²) in [6.07, 6.45) is 3.25. The molecule has 0 bridgehead atoms. The lowest BCUT2D eigenvalue weighted by Gasteiger charge is -2.18. The van der Waals surface area contributed by atoms with Crippen LogP contribution in [0, 0.1) is 0 Å². The van der Waals surface area contributed by atoms with Gasteiger partial charge in [-0.25, -0.2) is 14.8 Å². The van der Waals surface area contributed by atoms with Crippen molar-refractivity contribution < 1.29 is 14.6 Å². The first kappa shape index (κ1) is 27.8. The van der Waals surface area contributed by atoms with Crippen LogP contribution in [0.2, 0.25) is 0 Å². The number of anilines is 3. The van der Waals surface area contributed by atoms with Gasteiger partial charge in [-0.15, -0.1) is 0 Å². The number of para-hydroxylation sites is 1. The maximum absolute atomic E-state index is 12.2. The normalized spacial score (nSPS) is 10.9. The lowest BCUT2D eigenvalue weighted by atomic mass is 10.1. The third-order valence-electron chi connectivity index (χ3n) is 6.31. The van der Waals surface area contributed by atoms with Crippen LogP contribution in [0.4, 0.5) is 22.0 Å². The van der Waals surface area contributed by atoms with Crippen LogP contribution in [0.15, 0.2) is 79.1 Å². The van der Waals surface area contributed by atoms with Crippen molar-refractivity contribution in [1.82, 2.24) is 14.9 Å². The number of hydrogen-bond acceptors (Lipinski definition) is 7. The molecule has 0 aliphatic rings. The van der Waals surface area contributed by atoms with Crippen molar-refractivity contribution in [1.29, 1.82) is 0 Å². The third-order valence-corrected chi connectivity index (χ3v) is 6.31. The third kappa shape index (κ3) is 8.66. The van der Waals surface area contributed by atoms with E-state index in [0.717, 1.165) is 65.3 Å². The van der Waals surface area contributed by atoms with E-state index in [1.165, 1.54) is 0 Å². The molecule has 204 valence electrons. The first-order valence-electron chi connectivity index (χ1n) is 13.3. The Bertz CT molecular complexity index is 1320. The Labute approximate surface area is 229 Å². The van der Waals surface area contributed by atoms with E-state index in [1.54, 1.807) is 6.33 Å². The molecule has 0 unspecified atom stereocenters. The fourth-order valence-corrected chi connectivity index (χ4v) is 4.21. The average Bonchev–Trinajstić information content (AvgIpc) is 2.96. The lowest BCUT2D eigenvalue weighted by molar-refractivity contribution is 0.189. The van der Waals surface area contributed by atoms with Crippen molar-refractivity contribution in [3.8, 4) is 5.75 Å². The second-order valence-corrected chi connectivity index (χ2v) is 9.08. The van der Waals surface area contributed by atoms with E-state index in [4.69, 9.17) is 9.84 Å². The molecule has 4 rings (SSSR count). The average molecular weight is 529 g/mol. The number of hydrogen-bond donors (Lipinski definition) is 4. The number of amides is 2. The zero-order valence-corrected chi connectivity index (χ0v) is 22.3. The SMILES string of the molecule is CCN(CCO)CCCOc1ccc2c(NCCc3ccc(NC(=O)Nc4ccccc4)cc3)ncnc2c1. The molecule has 1 aromatic heterocycles. The minimum absolute atomic E-state index is 0.175. The predicted octanol–water partition coefficient (Wildman–Crippen LogP) is 5.01. The topological polar surface area (TPSA) is 112 Å². The van der Waals surface area contributed by atoms with Crippen LogP contribution < -0.4 is 20.7 Å². The predicted molar refractivity (Wildman–Crippen MR) is 157 cm³/mol. The Morgan fingerprint density at radius 3 is 2.46 bits per heavy atom. The fraction of sp³-hybridized carbons (Fsp3) is 0.300. The van der Waals surface area contributed by atoms with Crippen LogP contribution >= 0.6 is 0 Å². The number of rotatable bonds is 14. The largest absolute Gasteiger partial charge is 0.493 e. The number of fused-ring (bicyclic) bond motifs is 1. The molecule has 39 heavy (non-hydrogen) atoms. The van der Waals surface area contributed by atoms with Crippen molar-refractivity contribution in [3.05, 3.63) is 84.7 Å². The number of aromatic nitrogens is 2. The molecule has 3 aromatic carbocycles. The summed E-state index contributed by atoms with van der Waals surface area (Å²) in [7, 11) is 0. The van der Waals surface area contributed by atoms with Crippen LogP contribution in [-0.2, 0) is 6.42 Å². The number of benzene rings is 3. The second kappa shape index (κ2) is 14.7. The number of nitrogens with one attached hydrogen (secondary N) is 3. The van der Waals surface area contributed by atoms with Crippen molar-refractivity contribution >= 4 is 34.1 Å². The van der Waals surface area contributed by atoms with Gasteiger partial charge in [0.05, 0.1) is 18.7 Å². The Morgan fingerprint density at radius 2 is 1.72 bits per heavy atom. The summed E-state index contributed by atoms with van der Waals surface area (Å²) in [4.78, 5) is 23.2. The second-order valence-electron chi connectivity index (χ2n) is 9.08. The molecule has 4 N–H and O–H groups in total. The van der Waals surface area contributed by atoms with Gasteiger partial charge >= 0.3 is 6.03 Å². The Balaban J connectivity index is 1.24. The standard InChI is InChI=1S/C30H36N6O3/c1-2-36(18-19-37)17-6-20-39-26-13-14-27-28(21-26)32-22-33-29(27)31-16-15-23-9-11-25(12-10-23)35-30(38)34-24-7-4-3-5-8-24/h3-5,7-14,21-22,37H,2,6,15-20H2,1H3,(H,31,32,33)(H2,34,35,38). The van der Waals surface area contributed by atoms with Gasteiger partial charge in [0.1, 0.15) is 17.9 Å². The van der Waals surface area contributed by atoms with Gasteiger partial charge in [-0.1, -0.05) is 37.3 Å². The molecule has 4 aromatic rings. The zero-order chi connectivity index (χ0) is 27.3. The number of nitrogens with zero attached hydrogens (tertiary/aromatic N) is 3. The van der Waals surface area contributed by atoms with Crippen LogP contribution in [0.1, 0.15) is 18.9 Å². The van der Waals surface area contributed by atoms with Gasteiger partial charge in [-0.05, 0) is 61.3 Å². The zero-order valence-electron chi connectivity index (χ0n) is 22.3. The monoisotopic (exact) mass is 528 g/mol. The molecule has 0 aliphatic carbocycles. The van der Waals surface area contributed by atoms with Crippen molar-refractivity contribution in [2.24, 2.45) is 0 Å². The van der Waals surface area contributed by atoms with E-state index in [0.29, 0.717) is 19.7 Å². The van der Waals surface area contributed by atoms with Gasteiger partial charge in [0.15, 0.2) is 0 Å². The molecule has 0 radical (unpaired) electrons. The molecule has 1 heterocycles. The maximum Gasteiger partial charge on any atom is 0.323 e. The summed E-state index contributed by atoms with van der Waals surface area (Å²) >= 11 is 0. The number of ether oxygens (including phenoxy) is 1. The van der Waals surface area contributed by atoms with E-state index in [2.05, 4.69) is 37.7 Å². The summed E-state index contributed by atoms with van der Waals surface area (Å²) in [5.74, 6) is 1.56. The van der Waals surface area contributed by atoms with Crippen molar-refractivity contribution in [2.75, 3.05) is 55.3 Å². The molecule has 0 atom stereocenters. The van der Waals surface area contributed by atoms with Gasteiger partial charge in [0, 0.05) is 42.5 Å². The van der Waals surface area contributed by atoms with E-state index in [9.17, 15) is 4.79 Å².